The Morgan fingerprint density at radius 1 is 1.48 bits per heavy atom. The molecule has 114 valence electrons. The van der Waals surface area contributed by atoms with Crippen molar-refractivity contribution in [3.63, 3.8) is 0 Å². The van der Waals surface area contributed by atoms with Crippen molar-refractivity contribution in [2.75, 3.05) is 25.0 Å². The monoisotopic (exact) mass is 355 g/mol. The number of rotatable bonds is 6. The van der Waals surface area contributed by atoms with Crippen molar-refractivity contribution < 1.29 is 14.7 Å². The van der Waals surface area contributed by atoms with Gasteiger partial charge in [-0.3, -0.25) is 14.5 Å². The van der Waals surface area contributed by atoms with E-state index >= 15 is 0 Å². The highest BCUT2D eigenvalue weighted by Gasteiger charge is 2.24. The van der Waals surface area contributed by atoms with Gasteiger partial charge >= 0.3 is 5.97 Å². The number of aliphatic carboxylic acids is 1. The summed E-state index contributed by atoms with van der Waals surface area (Å²) in [7, 11) is 0. The van der Waals surface area contributed by atoms with Crippen LogP contribution in [0.4, 0.5) is 5.82 Å². The molecular weight excluding hydrogens is 338 g/mol. The fourth-order valence-electron chi connectivity index (χ4n) is 2.45. The van der Waals surface area contributed by atoms with Gasteiger partial charge in [-0.2, -0.15) is 0 Å². The van der Waals surface area contributed by atoms with Crippen LogP contribution in [0.1, 0.15) is 19.3 Å². The molecule has 1 aliphatic heterocycles. The predicted octanol–water partition coefficient (Wildman–Crippen LogP) is 1.97. The standard InChI is InChI=1S/C14H18BrN3O3/c15-11-2-3-12(16-7-11)17-13(19)9-18-6-5-10(8-18)1-4-14(20)21/h2-3,7,10H,1,4-6,8-9H2,(H,20,21)(H,16,17,19). The van der Waals surface area contributed by atoms with E-state index in [1.54, 1.807) is 12.3 Å². The van der Waals surface area contributed by atoms with E-state index in [0.717, 1.165) is 24.0 Å². The van der Waals surface area contributed by atoms with Gasteiger partial charge in [-0.15, -0.1) is 0 Å². The van der Waals surface area contributed by atoms with Gasteiger partial charge in [-0.1, -0.05) is 0 Å². The SMILES string of the molecule is O=C(O)CCC1CCN(CC(=O)Nc2ccc(Br)cn2)C1. The third-order valence-electron chi connectivity index (χ3n) is 3.50. The summed E-state index contributed by atoms with van der Waals surface area (Å²) in [6.45, 7) is 1.95. The number of hydrogen-bond acceptors (Lipinski definition) is 4. The second-order valence-electron chi connectivity index (χ2n) is 5.23. The summed E-state index contributed by atoms with van der Waals surface area (Å²) >= 11 is 3.29. The summed E-state index contributed by atoms with van der Waals surface area (Å²) in [4.78, 5) is 28.6. The summed E-state index contributed by atoms with van der Waals surface area (Å²) in [6.07, 6.45) is 3.47. The average Bonchev–Trinajstić information content (AvgIpc) is 2.86. The molecule has 2 N–H and O–H groups in total. The normalized spacial score (nSPS) is 18.6. The molecule has 1 saturated heterocycles. The molecule has 0 aromatic carbocycles. The highest BCUT2D eigenvalue weighted by molar-refractivity contribution is 9.10. The number of amides is 1. The van der Waals surface area contributed by atoms with Crippen molar-refractivity contribution in [3.8, 4) is 0 Å². The van der Waals surface area contributed by atoms with E-state index in [2.05, 4.69) is 31.1 Å². The average molecular weight is 356 g/mol. The van der Waals surface area contributed by atoms with E-state index in [1.165, 1.54) is 0 Å². The van der Waals surface area contributed by atoms with Gasteiger partial charge in [0, 0.05) is 23.6 Å². The molecule has 0 saturated carbocycles. The summed E-state index contributed by atoms with van der Waals surface area (Å²) < 4.78 is 0.862. The second kappa shape index (κ2) is 7.51. The fraction of sp³-hybridized carbons (Fsp3) is 0.500. The Balaban J connectivity index is 1.73. The van der Waals surface area contributed by atoms with Gasteiger partial charge in [-0.05, 0) is 53.4 Å². The van der Waals surface area contributed by atoms with Crippen molar-refractivity contribution in [1.82, 2.24) is 9.88 Å². The zero-order chi connectivity index (χ0) is 15.2. The van der Waals surface area contributed by atoms with Crippen LogP contribution >= 0.6 is 15.9 Å². The number of pyridine rings is 1. The minimum atomic E-state index is -0.757. The number of anilines is 1. The molecule has 0 bridgehead atoms. The molecule has 2 rings (SSSR count). The zero-order valence-electron chi connectivity index (χ0n) is 11.6. The summed E-state index contributed by atoms with van der Waals surface area (Å²) in [6, 6.07) is 3.56. The molecule has 0 spiro atoms. The van der Waals surface area contributed by atoms with Crippen LogP contribution in [0, 0.1) is 5.92 Å². The molecule has 0 aliphatic carbocycles. The Hall–Kier alpha value is -1.47. The van der Waals surface area contributed by atoms with Crippen LogP contribution in [0.15, 0.2) is 22.8 Å². The molecule has 1 aliphatic rings. The number of nitrogens with zero attached hydrogens (tertiary/aromatic N) is 2. The molecule has 1 unspecified atom stereocenters. The minimum Gasteiger partial charge on any atom is -0.481 e. The maximum absolute atomic E-state index is 11.9. The molecule has 0 radical (unpaired) electrons. The maximum atomic E-state index is 11.9. The molecule has 6 nitrogen and oxygen atoms in total. The van der Waals surface area contributed by atoms with E-state index in [1.807, 2.05) is 6.07 Å². The number of likely N-dealkylation sites (tertiary alicyclic amines) is 1. The Bertz CT molecular complexity index is 507. The van der Waals surface area contributed by atoms with E-state index < -0.39 is 5.97 Å². The zero-order valence-corrected chi connectivity index (χ0v) is 13.2. The highest BCUT2D eigenvalue weighted by Crippen LogP contribution is 2.20. The smallest absolute Gasteiger partial charge is 0.303 e. The molecule has 1 aromatic rings. The quantitative estimate of drug-likeness (QED) is 0.814. The maximum Gasteiger partial charge on any atom is 0.303 e. The van der Waals surface area contributed by atoms with Crippen LogP contribution in [0.3, 0.4) is 0 Å². The van der Waals surface area contributed by atoms with Crippen LogP contribution in [0.25, 0.3) is 0 Å². The first kappa shape index (κ1) is 15.9. The lowest BCUT2D eigenvalue weighted by atomic mass is 10.0. The molecule has 21 heavy (non-hydrogen) atoms. The first-order valence-corrected chi connectivity index (χ1v) is 7.68. The molecule has 1 amide bonds. The van der Waals surface area contributed by atoms with Gasteiger partial charge in [0.2, 0.25) is 5.91 Å². The van der Waals surface area contributed by atoms with Gasteiger partial charge in [0.05, 0.1) is 6.54 Å². The predicted molar refractivity (Wildman–Crippen MR) is 82.0 cm³/mol. The molecule has 1 aromatic heterocycles. The number of aromatic nitrogens is 1. The van der Waals surface area contributed by atoms with Crippen molar-refractivity contribution in [3.05, 3.63) is 22.8 Å². The minimum absolute atomic E-state index is 0.0938. The number of nitrogens with one attached hydrogen (secondary N) is 1. The van der Waals surface area contributed by atoms with Gasteiger partial charge in [0.15, 0.2) is 0 Å². The van der Waals surface area contributed by atoms with Crippen molar-refractivity contribution in [2.45, 2.75) is 19.3 Å². The first-order valence-electron chi connectivity index (χ1n) is 6.88. The van der Waals surface area contributed by atoms with E-state index in [-0.39, 0.29) is 12.3 Å². The van der Waals surface area contributed by atoms with E-state index in [4.69, 9.17) is 5.11 Å². The van der Waals surface area contributed by atoms with Gasteiger partial charge < -0.3 is 10.4 Å². The Morgan fingerprint density at radius 2 is 2.29 bits per heavy atom. The van der Waals surface area contributed by atoms with Crippen molar-refractivity contribution in [2.24, 2.45) is 5.92 Å². The largest absolute Gasteiger partial charge is 0.481 e. The number of carbonyl (C=O) groups is 2. The second-order valence-corrected chi connectivity index (χ2v) is 6.15. The number of halogens is 1. The molecule has 1 fully saturated rings. The topological polar surface area (TPSA) is 82.5 Å². The van der Waals surface area contributed by atoms with Crippen LogP contribution in [-0.2, 0) is 9.59 Å². The Labute approximate surface area is 131 Å². The highest BCUT2D eigenvalue weighted by atomic mass is 79.9. The van der Waals surface area contributed by atoms with Crippen LogP contribution in [-0.4, -0.2) is 46.5 Å². The first-order chi connectivity index (χ1) is 10.0. The lowest BCUT2D eigenvalue weighted by Crippen LogP contribution is -2.31. The number of hydrogen-bond donors (Lipinski definition) is 2. The number of carboxylic acids is 1. The summed E-state index contributed by atoms with van der Waals surface area (Å²) in [5, 5.41) is 11.4. The molecule has 7 heteroatoms. The van der Waals surface area contributed by atoms with E-state index in [9.17, 15) is 9.59 Å². The van der Waals surface area contributed by atoms with E-state index in [0.29, 0.717) is 24.7 Å². The lowest BCUT2D eigenvalue weighted by Gasteiger charge is -2.15. The van der Waals surface area contributed by atoms with Crippen molar-refractivity contribution >= 4 is 33.6 Å². The Kier molecular flexibility index (Phi) is 5.69. The third kappa shape index (κ3) is 5.43. The fourth-order valence-corrected chi connectivity index (χ4v) is 2.69. The van der Waals surface area contributed by atoms with Gasteiger partial charge in [0.1, 0.15) is 5.82 Å². The van der Waals surface area contributed by atoms with Gasteiger partial charge in [0.25, 0.3) is 0 Å². The van der Waals surface area contributed by atoms with Crippen molar-refractivity contribution in [1.29, 1.82) is 0 Å². The van der Waals surface area contributed by atoms with Gasteiger partial charge in [-0.25, -0.2) is 4.98 Å². The van der Waals surface area contributed by atoms with Crippen LogP contribution < -0.4 is 5.32 Å². The lowest BCUT2D eigenvalue weighted by molar-refractivity contribution is -0.137. The summed E-state index contributed by atoms with van der Waals surface area (Å²) in [5.41, 5.74) is 0. The number of carboxylic acid groups (broad SMARTS) is 1. The Morgan fingerprint density at radius 3 is 2.95 bits per heavy atom. The molecule has 1 atom stereocenters. The summed E-state index contributed by atoms with van der Waals surface area (Å²) in [5.74, 6) is 0.0562. The molecular formula is C14H18BrN3O3. The number of carbonyl (C=O) groups excluding carboxylic acids is 1. The van der Waals surface area contributed by atoms with Crippen LogP contribution in [0.2, 0.25) is 0 Å². The van der Waals surface area contributed by atoms with Crippen LogP contribution in [0.5, 0.6) is 0 Å². The molecule has 2 heterocycles. The third-order valence-corrected chi connectivity index (χ3v) is 3.97.